The summed E-state index contributed by atoms with van der Waals surface area (Å²) in [5.41, 5.74) is 0.939. The Bertz CT molecular complexity index is 1340. The number of aromatic carboxylic acids is 1. The quantitative estimate of drug-likeness (QED) is 0.502. The van der Waals surface area contributed by atoms with E-state index in [1.54, 1.807) is 6.92 Å². The van der Waals surface area contributed by atoms with Crippen LogP contribution in [0.5, 0.6) is 0 Å². The highest BCUT2D eigenvalue weighted by atomic mass is 32.2. The summed E-state index contributed by atoms with van der Waals surface area (Å²) < 4.78 is 27.4. The molecule has 1 amide bonds. The molecule has 170 valence electrons. The van der Waals surface area contributed by atoms with Gasteiger partial charge < -0.3 is 10.4 Å². The van der Waals surface area contributed by atoms with Crippen LogP contribution in [-0.4, -0.2) is 43.3 Å². The molecule has 0 saturated heterocycles. The Hall–Kier alpha value is -3.52. The van der Waals surface area contributed by atoms with Crippen LogP contribution in [-0.2, 0) is 16.4 Å². The van der Waals surface area contributed by atoms with E-state index in [9.17, 15) is 23.1 Å². The molecule has 3 aromatic rings. The van der Waals surface area contributed by atoms with Crippen LogP contribution in [0.15, 0.2) is 59.5 Å². The van der Waals surface area contributed by atoms with E-state index in [2.05, 4.69) is 5.32 Å². The van der Waals surface area contributed by atoms with E-state index in [4.69, 9.17) is 5.26 Å². The van der Waals surface area contributed by atoms with Crippen LogP contribution in [0.4, 0.5) is 5.69 Å². The van der Waals surface area contributed by atoms with Crippen molar-refractivity contribution in [1.29, 1.82) is 5.26 Å². The van der Waals surface area contributed by atoms with Gasteiger partial charge in [-0.05, 0) is 43.2 Å². The zero-order valence-corrected chi connectivity index (χ0v) is 19.5. The van der Waals surface area contributed by atoms with Gasteiger partial charge in [-0.25, -0.2) is 17.5 Å². The molecule has 0 atom stereocenters. The van der Waals surface area contributed by atoms with Crippen molar-refractivity contribution >= 4 is 38.9 Å². The van der Waals surface area contributed by atoms with Gasteiger partial charge in [0.1, 0.15) is 0 Å². The monoisotopic (exact) mass is 483 g/mol. The van der Waals surface area contributed by atoms with Crippen molar-refractivity contribution in [3.8, 4) is 6.07 Å². The average Bonchev–Trinajstić information content (AvgIpc) is 3.20. The number of carboxylic acids is 1. The van der Waals surface area contributed by atoms with Crippen molar-refractivity contribution in [2.45, 2.75) is 18.2 Å². The van der Waals surface area contributed by atoms with Crippen LogP contribution in [0.2, 0.25) is 0 Å². The predicted molar refractivity (Wildman–Crippen MR) is 125 cm³/mol. The number of nitrogens with zero attached hydrogens (tertiary/aromatic N) is 2. The largest absolute Gasteiger partial charge is 0.478 e. The Morgan fingerprint density at radius 3 is 2.48 bits per heavy atom. The van der Waals surface area contributed by atoms with Crippen LogP contribution in [0.3, 0.4) is 0 Å². The summed E-state index contributed by atoms with van der Waals surface area (Å²) in [6.07, 6.45) is 0.545. The maximum absolute atomic E-state index is 13.1. The first-order chi connectivity index (χ1) is 15.6. The number of carboxylic acid groups (broad SMARTS) is 1. The number of carbonyl (C=O) groups is 2. The number of rotatable bonds is 8. The Labute approximate surface area is 195 Å². The third-order valence-electron chi connectivity index (χ3n) is 4.97. The van der Waals surface area contributed by atoms with Gasteiger partial charge in [0.25, 0.3) is 5.91 Å². The molecule has 0 fully saturated rings. The first kappa shape index (κ1) is 24.1. The fraction of sp³-hybridized carbons (Fsp3) is 0.174. The first-order valence-corrected chi connectivity index (χ1v) is 12.1. The highest BCUT2D eigenvalue weighted by Crippen LogP contribution is 2.29. The minimum atomic E-state index is -3.82. The Balaban J connectivity index is 1.80. The van der Waals surface area contributed by atoms with Gasteiger partial charge in [0, 0.05) is 18.5 Å². The molecular weight excluding hydrogens is 462 g/mol. The molecule has 0 saturated carbocycles. The summed E-state index contributed by atoms with van der Waals surface area (Å²) in [5, 5.41) is 20.8. The van der Waals surface area contributed by atoms with E-state index in [-0.39, 0.29) is 33.1 Å². The first-order valence-electron chi connectivity index (χ1n) is 9.83. The number of hydrogen-bond acceptors (Lipinski definition) is 6. The molecule has 2 N–H and O–H groups in total. The van der Waals surface area contributed by atoms with Gasteiger partial charge in [-0.2, -0.15) is 5.26 Å². The van der Waals surface area contributed by atoms with Crippen LogP contribution in [0, 0.1) is 18.3 Å². The van der Waals surface area contributed by atoms with Crippen LogP contribution in [0.1, 0.15) is 36.0 Å². The summed E-state index contributed by atoms with van der Waals surface area (Å²) >= 11 is 1.00. The van der Waals surface area contributed by atoms with Gasteiger partial charge in [-0.1, -0.05) is 30.3 Å². The van der Waals surface area contributed by atoms with E-state index in [1.807, 2.05) is 36.4 Å². The maximum atomic E-state index is 13.1. The topological polar surface area (TPSA) is 128 Å². The highest BCUT2D eigenvalue weighted by molar-refractivity contribution is 7.89. The number of carbonyl (C=O) groups excluding carboxylic acids is 1. The van der Waals surface area contributed by atoms with Gasteiger partial charge in [-0.3, -0.25) is 4.79 Å². The standard InChI is InChI=1S/C23H21N3O5S2/c1-15-21(33(30,31)26(2)11-10-16-6-4-3-5-7-16)13-20(32-15)22(27)25-19-9-8-17(14-24)12-18(19)23(28)29/h3-9,12-13H,10-11H2,1-2H3,(H,25,27)(H,28,29). The zero-order chi connectivity index (χ0) is 24.2. The average molecular weight is 484 g/mol. The predicted octanol–water partition coefficient (Wildman–Crippen LogP) is 3.74. The van der Waals surface area contributed by atoms with Crippen LogP contribution >= 0.6 is 11.3 Å². The Kier molecular flexibility index (Phi) is 7.28. The molecule has 0 bridgehead atoms. The Morgan fingerprint density at radius 1 is 1.15 bits per heavy atom. The number of hydrogen-bond donors (Lipinski definition) is 2. The molecule has 0 aliphatic heterocycles. The SMILES string of the molecule is Cc1sc(C(=O)Nc2ccc(C#N)cc2C(=O)O)cc1S(=O)(=O)N(C)CCc1ccccc1. The summed E-state index contributed by atoms with van der Waals surface area (Å²) in [6.45, 7) is 1.89. The smallest absolute Gasteiger partial charge is 0.337 e. The van der Waals surface area contributed by atoms with Crippen LogP contribution in [0.25, 0.3) is 0 Å². The second kappa shape index (κ2) is 9.95. The summed E-state index contributed by atoms with van der Waals surface area (Å²) in [6, 6.07) is 16.5. The van der Waals surface area contributed by atoms with Gasteiger partial charge in [-0.15, -0.1) is 11.3 Å². The number of likely N-dealkylation sites (N-methyl/N-ethyl adjacent to an activating group) is 1. The highest BCUT2D eigenvalue weighted by Gasteiger charge is 2.27. The summed E-state index contributed by atoms with van der Waals surface area (Å²) in [5.74, 6) is -1.93. The van der Waals surface area contributed by atoms with Crippen molar-refractivity contribution in [3.63, 3.8) is 0 Å². The number of amides is 1. The molecule has 2 aromatic carbocycles. The maximum Gasteiger partial charge on any atom is 0.337 e. The lowest BCUT2D eigenvalue weighted by atomic mass is 10.1. The molecule has 0 unspecified atom stereocenters. The molecule has 33 heavy (non-hydrogen) atoms. The molecule has 1 aromatic heterocycles. The zero-order valence-electron chi connectivity index (χ0n) is 17.9. The van der Waals surface area contributed by atoms with E-state index in [0.29, 0.717) is 11.3 Å². The minimum Gasteiger partial charge on any atom is -0.478 e. The number of thiophene rings is 1. The molecule has 10 heteroatoms. The molecule has 0 aliphatic carbocycles. The van der Waals surface area contributed by atoms with Crippen molar-refractivity contribution in [1.82, 2.24) is 4.31 Å². The van der Waals surface area contributed by atoms with E-state index in [1.165, 1.54) is 29.6 Å². The number of anilines is 1. The van der Waals surface area contributed by atoms with Gasteiger partial charge in [0.2, 0.25) is 10.0 Å². The molecule has 0 aliphatic rings. The van der Waals surface area contributed by atoms with Crippen molar-refractivity contribution < 1.29 is 23.1 Å². The third kappa shape index (κ3) is 5.46. The van der Waals surface area contributed by atoms with Gasteiger partial charge >= 0.3 is 5.97 Å². The van der Waals surface area contributed by atoms with E-state index in [0.717, 1.165) is 23.0 Å². The van der Waals surface area contributed by atoms with E-state index >= 15 is 0 Å². The van der Waals surface area contributed by atoms with Gasteiger partial charge in [0.15, 0.2) is 0 Å². The minimum absolute atomic E-state index is 0.0157. The molecule has 0 radical (unpaired) electrons. The molecular formula is C23H21N3O5S2. The molecule has 0 spiro atoms. The van der Waals surface area contributed by atoms with Crippen LogP contribution < -0.4 is 5.32 Å². The van der Waals surface area contributed by atoms with E-state index < -0.39 is 21.9 Å². The summed E-state index contributed by atoms with van der Waals surface area (Å²) in [7, 11) is -2.33. The number of nitriles is 1. The lowest BCUT2D eigenvalue weighted by Crippen LogP contribution is -2.29. The lowest BCUT2D eigenvalue weighted by Gasteiger charge is -2.17. The second-order valence-corrected chi connectivity index (χ2v) is 10.5. The summed E-state index contributed by atoms with van der Waals surface area (Å²) in [4.78, 5) is 24.9. The fourth-order valence-electron chi connectivity index (χ4n) is 3.14. The molecule has 1 heterocycles. The number of nitrogens with one attached hydrogen (secondary N) is 1. The second-order valence-electron chi connectivity index (χ2n) is 7.22. The van der Waals surface area contributed by atoms with Crippen molar-refractivity contribution in [3.05, 3.63) is 81.0 Å². The number of benzene rings is 2. The fourth-order valence-corrected chi connectivity index (χ4v) is 5.76. The number of sulfonamides is 1. The Morgan fingerprint density at radius 2 is 1.85 bits per heavy atom. The normalized spacial score (nSPS) is 11.2. The number of aryl methyl sites for hydroxylation is 1. The third-order valence-corrected chi connectivity index (χ3v) is 8.13. The van der Waals surface area contributed by atoms with Gasteiger partial charge in [0.05, 0.1) is 32.7 Å². The van der Waals surface area contributed by atoms with Crippen molar-refractivity contribution in [2.24, 2.45) is 0 Å². The van der Waals surface area contributed by atoms with Crippen molar-refractivity contribution in [2.75, 3.05) is 18.9 Å². The molecule has 3 rings (SSSR count). The molecule has 8 nitrogen and oxygen atoms in total. The lowest BCUT2D eigenvalue weighted by molar-refractivity contribution is 0.0698.